The van der Waals surface area contributed by atoms with Crippen LogP contribution in [0, 0.1) is 0 Å². The third kappa shape index (κ3) is 5.00. The Morgan fingerprint density at radius 2 is 1.76 bits per heavy atom. The molecule has 184 valence electrons. The molecule has 34 heavy (non-hydrogen) atoms. The van der Waals surface area contributed by atoms with Gasteiger partial charge in [0.2, 0.25) is 10.0 Å². The zero-order valence-electron chi connectivity index (χ0n) is 20.1. The summed E-state index contributed by atoms with van der Waals surface area (Å²) in [6, 6.07) is 14.4. The van der Waals surface area contributed by atoms with Crippen LogP contribution in [0.25, 0.3) is 0 Å². The second-order valence-corrected chi connectivity index (χ2v) is 11.9. The van der Waals surface area contributed by atoms with Crippen molar-refractivity contribution in [1.29, 1.82) is 0 Å². The predicted octanol–water partition coefficient (Wildman–Crippen LogP) is 3.52. The van der Waals surface area contributed by atoms with Gasteiger partial charge in [0, 0.05) is 51.6 Å². The minimum Gasteiger partial charge on any atom is -0.375 e. The van der Waals surface area contributed by atoms with Crippen molar-refractivity contribution in [2.45, 2.75) is 61.6 Å². The van der Waals surface area contributed by atoms with E-state index >= 15 is 0 Å². The van der Waals surface area contributed by atoms with Crippen molar-refractivity contribution in [3.8, 4) is 0 Å². The van der Waals surface area contributed by atoms with Crippen LogP contribution in [0.4, 0.5) is 5.82 Å². The molecule has 3 aliphatic rings. The number of anilines is 1. The van der Waals surface area contributed by atoms with Gasteiger partial charge >= 0.3 is 0 Å². The molecular weight excluding hydrogens is 448 g/mol. The normalized spacial score (nSPS) is 22.0. The SMILES string of the molecule is CN(Cc1ccccc1)C1CCN(S(=O)(=O)c2ccc(N3CCC4(CCCO4)CC3)nc2)CC1. The Kier molecular flexibility index (Phi) is 6.93. The maximum atomic E-state index is 13.3. The largest absolute Gasteiger partial charge is 0.375 e. The number of hydrogen-bond donors (Lipinski definition) is 0. The molecule has 0 bridgehead atoms. The number of sulfonamides is 1. The summed E-state index contributed by atoms with van der Waals surface area (Å²) in [6.45, 7) is 4.66. The molecule has 0 unspecified atom stereocenters. The number of nitrogens with zero attached hydrogens (tertiary/aromatic N) is 4. The Labute approximate surface area is 203 Å². The van der Waals surface area contributed by atoms with Crippen molar-refractivity contribution < 1.29 is 13.2 Å². The van der Waals surface area contributed by atoms with Crippen LogP contribution in [0.5, 0.6) is 0 Å². The van der Waals surface area contributed by atoms with Crippen molar-refractivity contribution in [1.82, 2.24) is 14.2 Å². The topological polar surface area (TPSA) is 66.0 Å². The van der Waals surface area contributed by atoms with Gasteiger partial charge in [0.15, 0.2) is 0 Å². The Morgan fingerprint density at radius 3 is 2.38 bits per heavy atom. The Morgan fingerprint density at radius 1 is 1.03 bits per heavy atom. The molecule has 7 nitrogen and oxygen atoms in total. The first kappa shape index (κ1) is 23.7. The number of rotatable bonds is 6. The monoisotopic (exact) mass is 484 g/mol. The third-order valence-electron chi connectivity index (χ3n) is 7.86. The molecule has 5 rings (SSSR count). The fourth-order valence-electron chi connectivity index (χ4n) is 5.68. The minimum absolute atomic E-state index is 0.0705. The molecule has 0 amide bonds. The summed E-state index contributed by atoms with van der Waals surface area (Å²) in [6.07, 6.45) is 7.56. The molecule has 1 aromatic carbocycles. The van der Waals surface area contributed by atoms with E-state index in [1.807, 2.05) is 12.1 Å². The Bertz CT molecular complexity index is 1040. The average Bonchev–Trinajstić information content (AvgIpc) is 3.33. The number of aromatic nitrogens is 1. The minimum atomic E-state index is -3.52. The summed E-state index contributed by atoms with van der Waals surface area (Å²) < 4.78 is 34.1. The van der Waals surface area contributed by atoms with E-state index in [1.54, 1.807) is 10.4 Å². The van der Waals surface area contributed by atoms with Crippen LogP contribution < -0.4 is 4.90 Å². The van der Waals surface area contributed by atoms with Crippen molar-refractivity contribution in [3.05, 3.63) is 54.2 Å². The van der Waals surface area contributed by atoms with Gasteiger partial charge in [-0.05, 0) is 63.3 Å². The standard InChI is InChI=1S/C26H36N4O3S/c1-28(21-22-6-3-2-4-7-22)23-10-15-30(16-11-23)34(31,32)24-8-9-25(27-20-24)29-17-13-26(14-18-29)12-5-19-33-26/h2-4,6-9,20,23H,5,10-19,21H2,1H3. The molecule has 0 N–H and O–H groups in total. The Hall–Kier alpha value is -2.00. The fourth-order valence-corrected chi connectivity index (χ4v) is 7.09. The number of pyridine rings is 1. The molecule has 8 heteroatoms. The molecule has 0 atom stereocenters. The van der Waals surface area contributed by atoms with Crippen molar-refractivity contribution >= 4 is 15.8 Å². The zero-order valence-corrected chi connectivity index (χ0v) is 20.9. The molecule has 0 radical (unpaired) electrons. The van der Waals surface area contributed by atoms with Gasteiger partial charge in [-0.3, -0.25) is 4.90 Å². The molecule has 3 fully saturated rings. The van der Waals surface area contributed by atoms with Crippen molar-refractivity contribution in [2.75, 3.05) is 44.7 Å². The Balaban J connectivity index is 1.16. The quantitative estimate of drug-likeness (QED) is 0.625. The van der Waals surface area contributed by atoms with Gasteiger partial charge in [-0.1, -0.05) is 30.3 Å². The van der Waals surface area contributed by atoms with Gasteiger partial charge in [0.05, 0.1) is 5.60 Å². The summed E-state index contributed by atoms with van der Waals surface area (Å²) in [7, 11) is -1.39. The molecular formula is C26H36N4O3S. The predicted molar refractivity (Wildman–Crippen MR) is 133 cm³/mol. The van der Waals surface area contributed by atoms with Gasteiger partial charge in [-0.2, -0.15) is 4.31 Å². The molecule has 4 heterocycles. The van der Waals surface area contributed by atoms with E-state index in [4.69, 9.17) is 4.74 Å². The second-order valence-electron chi connectivity index (χ2n) is 10.0. The van der Waals surface area contributed by atoms with Crippen LogP contribution in [0.2, 0.25) is 0 Å². The lowest BCUT2D eigenvalue weighted by molar-refractivity contribution is -0.0147. The number of hydrogen-bond acceptors (Lipinski definition) is 6. The lowest BCUT2D eigenvalue weighted by Gasteiger charge is -2.39. The highest BCUT2D eigenvalue weighted by atomic mass is 32.2. The van der Waals surface area contributed by atoms with Gasteiger partial charge in [0.1, 0.15) is 10.7 Å². The van der Waals surface area contributed by atoms with Crippen LogP contribution in [0.1, 0.15) is 44.1 Å². The molecule has 3 aliphatic heterocycles. The van der Waals surface area contributed by atoms with Crippen LogP contribution in [-0.2, 0) is 21.3 Å². The van der Waals surface area contributed by atoms with Crippen LogP contribution in [0.3, 0.4) is 0 Å². The molecule has 3 saturated heterocycles. The van der Waals surface area contributed by atoms with Gasteiger partial charge in [0.25, 0.3) is 0 Å². The van der Waals surface area contributed by atoms with Gasteiger partial charge < -0.3 is 9.64 Å². The van der Waals surface area contributed by atoms with E-state index in [1.165, 1.54) is 11.8 Å². The third-order valence-corrected chi connectivity index (χ3v) is 9.75. The second kappa shape index (κ2) is 9.93. The first-order chi connectivity index (χ1) is 16.5. The van der Waals surface area contributed by atoms with E-state index in [9.17, 15) is 8.42 Å². The first-order valence-corrected chi connectivity index (χ1v) is 14.0. The highest BCUT2D eigenvalue weighted by Gasteiger charge is 2.38. The lowest BCUT2D eigenvalue weighted by atomic mass is 9.89. The zero-order chi connectivity index (χ0) is 23.6. The van der Waals surface area contributed by atoms with Crippen LogP contribution in [-0.4, -0.2) is 74.1 Å². The van der Waals surface area contributed by atoms with Crippen molar-refractivity contribution in [2.24, 2.45) is 0 Å². The number of ether oxygens (including phenoxy) is 1. The average molecular weight is 485 g/mol. The smallest absolute Gasteiger partial charge is 0.244 e. The molecule has 0 saturated carbocycles. The van der Waals surface area contributed by atoms with Crippen molar-refractivity contribution in [3.63, 3.8) is 0 Å². The molecule has 0 aliphatic carbocycles. The molecule has 2 aromatic rings. The molecule has 1 spiro atoms. The summed E-state index contributed by atoms with van der Waals surface area (Å²) in [5.41, 5.74) is 1.35. The van der Waals surface area contributed by atoms with E-state index in [0.29, 0.717) is 24.0 Å². The van der Waals surface area contributed by atoms with Gasteiger partial charge in [-0.25, -0.2) is 13.4 Å². The van der Waals surface area contributed by atoms with E-state index in [2.05, 4.69) is 46.1 Å². The highest BCUT2D eigenvalue weighted by Crippen LogP contribution is 2.36. The first-order valence-electron chi connectivity index (χ1n) is 12.5. The number of benzene rings is 1. The maximum Gasteiger partial charge on any atom is 0.244 e. The fraction of sp³-hybridized carbons (Fsp3) is 0.577. The lowest BCUT2D eigenvalue weighted by Crippen LogP contribution is -2.45. The summed E-state index contributed by atoms with van der Waals surface area (Å²) in [5, 5.41) is 0. The maximum absolute atomic E-state index is 13.3. The van der Waals surface area contributed by atoms with Crippen LogP contribution in [0.15, 0.2) is 53.6 Å². The summed E-state index contributed by atoms with van der Waals surface area (Å²) in [4.78, 5) is 9.42. The van der Waals surface area contributed by atoms with E-state index in [-0.39, 0.29) is 5.60 Å². The summed E-state index contributed by atoms with van der Waals surface area (Å²) in [5.74, 6) is 0.855. The summed E-state index contributed by atoms with van der Waals surface area (Å²) >= 11 is 0. The van der Waals surface area contributed by atoms with E-state index < -0.39 is 10.0 Å². The highest BCUT2D eigenvalue weighted by molar-refractivity contribution is 7.89. The van der Waals surface area contributed by atoms with E-state index in [0.717, 1.165) is 70.6 Å². The van der Waals surface area contributed by atoms with Gasteiger partial charge in [-0.15, -0.1) is 0 Å². The van der Waals surface area contributed by atoms with Crippen LogP contribution >= 0.6 is 0 Å². The molecule has 1 aromatic heterocycles. The number of piperidine rings is 2.